The van der Waals surface area contributed by atoms with E-state index in [1.165, 1.54) is 6.07 Å². The molecule has 0 saturated carbocycles. The lowest BCUT2D eigenvalue weighted by atomic mass is 9.86. The van der Waals surface area contributed by atoms with Gasteiger partial charge < -0.3 is 14.8 Å². The van der Waals surface area contributed by atoms with E-state index in [1.54, 1.807) is 20.8 Å². The molecule has 6 nitrogen and oxygen atoms in total. The Kier molecular flexibility index (Phi) is 3.53. The van der Waals surface area contributed by atoms with Crippen LogP contribution in [0.3, 0.4) is 0 Å². The Balaban J connectivity index is 2.60. The minimum absolute atomic E-state index is 0.101. The van der Waals surface area contributed by atoms with Crippen molar-refractivity contribution in [2.24, 2.45) is 0 Å². The number of pyridine rings is 1. The molecule has 0 aliphatic heterocycles. The van der Waals surface area contributed by atoms with Crippen LogP contribution in [0.25, 0.3) is 11.0 Å². The van der Waals surface area contributed by atoms with Crippen LogP contribution < -0.4 is 5.59 Å². The molecule has 0 amide bonds. The summed E-state index contributed by atoms with van der Waals surface area (Å²) in [5.41, 5.74) is -0.790. The highest BCUT2D eigenvalue weighted by molar-refractivity contribution is 6.58. The predicted molar refractivity (Wildman–Crippen MR) is 71.1 cm³/mol. The lowest BCUT2D eigenvalue weighted by Crippen LogP contribution is -2.41. The molecule has 2 aromatic heterocycles. The van der Waals surface area contributed by atoms with Gasteiger partial charge in [0.1, 0.15) is 17.1 Å². The van der Waals surface area contributed by atoms with E-state index in [0.717, 1.165) is 16.8 Å². The molecule has 0 saturated heterocycles. The molecule has 2 rings (SSSR count). The van der Waals surface area contributed by atoms with Gasteiger partial charge in [-0.3, -0.25) is 0 Å². The second kappa shape index (κ2) is 4.88. The molecular weight excluding hydrogens is 266 g/mol. The summed E-state index contributed by atoms with van der Waals surface area (Å²) in [6, 6.07) is 2.43. The third-order valence-corrected chi connectivity index (χ3v) is 2.48. The first-order valence-corrected chi connectivity index (χ1v) is 5.95. The van der Waals surface area contributed by atoms with Crippen molar-refractivity contribution in [3.63, 3.8) is 0 Å². The molecule has 2 aromatic rings. The van der Waals surface area contributed by atoms with Crippen LogP contribution in [-0.2, 0) is 4.74 Å². The minimum atomic E-state index is -1.90. The van der Waals surface area contributed by atoms with Gasteiger partial charge in [0.15, 0.2) is 0 Å². The number of hydrogen-bond donors (Lipinski definition) is 2. The first-order chi connectivity index (χ1) is 9.19. The highest BCUT2D eigenvalue weighted by Gasteiger charge is 2.27. The molecule has 2 N–H and O–H groups in total. The molecule has 0 aromatic carbocycles. The third kappa shape index (κ3) is 2.81. The lowest BCUT2D eigenvalue weighted by molar-refractivity contribution is 0.0547. The summed E-state index contributed by atoms with van der Waals surface area (Å²) in [5.74, 6) is -0.585. The van der Waals surface area contributed by atoms with Crippen molar-refractivity contribution >= 4 is 29.8 Å². The van der Waals surface area contributed by atoms with Crippen molar-refractivity contribution in [3.8, 4) is 0 Å². The van der Waals surface area contributed by atoms with Crippen LogP contribution in [-0.4, -0.2) is 38.4 Å². The number of carbonyl (C=O) groups excluding carboxylic acids is 1. The van der Waals surface area contributed by atoms with Gasteiger partial charge in [0.25, 0.3) is 0 Å². The van der Waals surface area contributed by atoms with Crippen LogP contribution >= 0.6 is 0 Å². The van der Waals surface area contributed by atoms with E-state index in [-0.39, 0.29) is 16.6 Å². The lowest BCUT2D eigenvalue weighted by Gasteiger charge is -2.20. The Morgan fingerprint density at radius 2 is 2.05 bits per heavy atom. The van der Waals surface area contributed by atoms with Crippen molar-refractivity contribution in [1.82, 2.24) is 9.55 Å². The maximum absolute atomic E-state index is 13.1. The van der Waals surface area contributed by atoms with Crippen LogP contribution in [0.2, 0.25) is 0 Å². The zero-order chi connectivity index (χ0) is 15.1. The molecule has 106 valence electrons. The average molecular weight is 280 g/mol. The largest absolute Gasteiger partial charge is 0.506 e. The van der Waals surface area contributed by atoms with E-state index in [2.05, 4.69) is 4.98 Å². The second-order valence-electron chi connectivity index (χ2n) is 5.32. The number of fused-ring (bicyclic) bond motifs is 1. The Labute approximate surface area is 114 Å². The summed E-state index contributed by atoms with van der Waals surface area (Å²) in [7, 11) is -1.90. The summed E-state index contributed by atoms with van der Waals surface area (Å²) < 4.78 is 19.2. The summed E-state index contributed by atoms with van der Waals surface area (Å²) in [4.78, 5) is 15.9. The monoisotopic (exact) mass is 280 g/mol. The smallest absolute Gasteiger partial charge is 0.443 e. The van der Waals surface area contributed by atoms with Gasteiger partial charge in [0.05, 0.1) is 11.8 Å². The van der Waals surface area contributed by atoms with Gasteiger partial charge >= 0.3 is 13.2 Å². The molecule has 0 atom stereocenters. The Morgan fingerprint density at radius 3 is 2.60 bits per heavy atom. The van der Waals surface area contributed by atoms with Gasteiger partial charge in [-0.25, -0.2) is 18.7 Å². The van der Waals surface area contributed by atoms with Gasteiger partial charge in [-0.1, -0.05) is 0 Å². The molecular formula is C12H14BFN2O4. The fourth-order valence-corrected chi connectivity index (χ4v) is 1.78. The van der Waals surface area contributed by atoms with E-state index < -0.39 is 24.6 Å². The normalized spacial score (nSPS) is 11.7. The number of ether oxygens (including phenoxy) is 1. The zero-order valence-electron chi connectivity index (χ0n) is 11.3. The number of halogens is 1. The number of rotatable bonds is 1. The molecule has 0 unspecified atom stereocenters. The number of carbonyl (C=O) groups is 1. The first kappa shape index (κ1) is 14.5. The molecule has 0 aliphatic carbocycles. The van der Waals surface area contributed by atoms with E-state index >= 15 is 0 Å². The highest BCUT2D eigenvalue weighted by Crippen LogP contribution is 2.16. The van der Waals surface area contributed by atoms with E-state index in [0.29, 0.717) is 0 Å². The average Bonchev–Trinajstić information content (AvgIpc) is 2.64. The second-order valence-corrected chi connectivity index (χ2v) is 5.32. The molecule has 0 radical (unpaired) electrons. The molecule has 0 bridgehead atoms. The highest BCUT2D eigenvalue weighted by atomic mass is 19.1. The molecule has 8 heteroatoms. The molecule has 0 spiro atoms. The van der Waals surface area contributed by atoms with Gasteiger partial charge in [-0.2, -0.15) is 0 Å². The first-order valence-electron chi connectivity index (χ1n) is 5.95. The van der Waals surface area contributed by atoms with Gasteiger partial charge in [-0.05, 0) is 32.9 Å². The SMILES string of the molecule is CC(C)(C)OC(=O)n1c(B(O)O)cc2cc(F)cnc21. The van der Waals surface area contributed by atoms with E-state index in [9.17, 15) is 19.2 Å². The predicted octanol–water partition coefficient (Wildman–Crippen LogP) is 0.638. The zero-order valence-corrected chi connectivity index (χ0v) is 11.3. The van der Waals surface area contributed by atoms with Crippen molar-refractivity contribution in [2.45, 2.75) is 26.4 Å². The third-order valence-electron chi connectivity index (χ3n) is 2.48. The standard InChI is InChI=1S/C12H14BFN2O4/c1-12(2,3)20-11(17)16-9(13(18)19)5-7-4-8(14)6-15-10(7)16/h4-6,18-19H,1-3H3. The Morgan fingerprint density at radius 1 is 1.40 bits per heavy atom. The Bertz CT molecular complexity index is 663. The van der Waals surface area contributed by atoms with E-state index in [4.69, 9.17) is 4.74 Å². The van der Waals surface area contributed by atoms with Crippen LogP contribution in [0, 0.1) is 5.82 Å². The van der Waals surface area contributed by atoms with Crippen LogP contribution in [0.15, 0.2) is 18.3 Å². The topological polar surface area (TPSA) is 84.6 Å². The van der Waals surface area contributed by atoms with Gasteiger partial charge in [0.2, 0.25) is 0 Å². The summed E-state index contributed by atoms with van der Waals surface area (Å²) in [6.45, 7) is 5.04. The van der Waals surface area contributed by atoms with Crippen molar-refractivity contribution < 1.29 is 24.0 Å². The van der Waals surface area contributed by atoms with Crippen molar-refractivity contribution in [3.05, 3.63) is 24.1 Å². The fraction of sp³-hybridized carbons (Fsp3) is 0.333. The van der Waals surface area contributed by atoms with Crippen molar-refractivity contribution in [1.29, 1.82) is 0 Å². The molecule has 2 heterocycles. The number of hydrogen-bond acceptors (Lipinski definition) is 5. The summed E-state index contributed by atoms with van der Waals surface area (Å²) >= 11 is 0. The van der Waals surface area contributed by atoms with Crippen LogP contribution in [0.4, 0.5) is 9.18 Å². The number of aromatic nitrogens is 2. The van der Waals surface area contributed by atoms with Gasteiger partial charge in [0, 0.05) is 5.39 Å². The maximum atomic E-state index is 13.1. The fourth-order valence-electron chi connectivity index (χ4n) is 1.78. The quantitative estimate of drug-likeness (QED) is 0.749. The molecule has 20 heavy (non-hydrogen) atoms. The Hall–Kier alpha value is -1.93. The minimum Gasteiger partial charge on any atom is -0.443 e. The maximum Gasteiger partial charge on any atom is 0.506 e. The number of nitrogens with zero attached hydrogens (tertiary/aromatic N) is 2. The van der Waals surface area contributed by atoms with Gasteiger partial charge in [-0.15, -0.1) is 0 Å². The molecule has 0 fully saturated rings. The van der Waals surface area contributed by atoms with Crippen LogP contribution in [0.5, 0.6) is 0 Å². The van der Waals surface area contributed by atoms with Crippen molar-refractivity contribution in [2.75, 3.05) is 0 Å². The van der Waals surface area contributed by atoms with Crippen LogP contribution in [0.1, 0.15) is 20.8 Å². The molecule has 0 aliphatic rings. The summed E-state index contributed by atoms with van der Waals surface area (Å²) in [6.07, 6.45) is 0.131. The summed E-state index contributed by atoms with van der Waals surface area (Å²) in [5, 5.41) is 18.9. The van der Waals surface area contributed by atoms with E-state index in [1.807, 2.05) is 0 Å².